The second-order valence-electron chi connectivity index (χ2n) is 4.22. The van der Waals surface area contributed by atoms with E-state index < -0.39 is 0 Å². The van der Waals surface area contributed by atoms with E-state index >= 15 is 0 Å². The van der Waals surface area contributed by atoms with Crippen molar-refractivity contribution < 1.29 is 9.90 Å². The lowest BCUT2D eigenvalue weighted by Crippen LogP contribution is -2.32. The summed E-state index contributed by atoms with van der Waals surface area (Å²) in [6, 6.07) is 9.72. The average molecular weight is 291 g/mol. The number of rotatable bonds is 6. The van der Waals surface area contributed by atoms with Gasteiger partial charge in [0.15, 0.2) is 5.13 Å². The van der Waals surface area contributed by atoms with Crippen molar-refractivity contribution in [2.45, 2.75) is 6.54 Å². The molecule has 0 saturated heterocycles. The monoisotopic (exact) mass is 291 g/mol. The van der Waals surface area contributed by atoms with Crippen LogP contribution in [-0.2, 0) is 6.54 Å². The van der Waals surface area contributed by atoms with Crippen molar-refractivity contribution in [3.8, 4) is 0 Å². The SMILES string of the molecule is CNc1ncc(C(=O)N(CCO)Cc2ccccc2)s1. The molecule has 0 unspecified atom stereocenters. The lowest BCUT2D eigenvalue weighted by molar-refractivity contribution is 0.0712. The number of nitrogens with one attached hydrogen (secondary N) is 1. The Bertz CT molecular complexity index is 557. The minimum Gasteiger partial charge on any atom is -0.395 e. The van der Waals surface area contributed by atoms with Crippen molar-refractivity contribution in [1.82, 2.24) is 9.88 Å². The summed E-state index contributed by atoms with van der Waals surface area (Å²) in [5.41, 5.74) is 1.03. The number of anilines is 1. The Morgan fingerprint density at radius 3 is 2.75 bits per heavy atom. The molecular formula is C14H17N3O2S. The minimum absolute atomic E-state index is 0.0593. The number of carbonyl (C=O) groups is 1. The second kappa shape index (κ2) is 7.02. The molecule has 2 rings (SSSR count). The number of aliphatic hydroxyl groups excluding tert-OH is 1. The molecule has 0 atom stereocenters. The molecule has 1 aromatic carbocycles. The summed E-state index contributed by atoms with van der Waals surface area (Å²) < 4.78 is 0. The predicted molar refractivity (Wildman–Crippen MR) is 79.9 cm³/mol. The van der Waals surface area contributed by atoms with Crippen molar-refractivity contribution in [1.29, 1.82) is 0 Å². The summed E-state index contributed by atoms with van der Waals surface area (Å²) in [6.45, 7) is 0.726. The number of hydrogen-bond donors (Lipinski definition) is 2. The van der Waals surface area contributed by atoms with E-state index in [1.807, 2.05) is 30.3 Å². The van der Waals surface area contributed by atoms with Crippen molar-refractivity contribution in [2.75, 3.05) is 25.5 Å². The molecule has 6 heteroatoms. The van der Waals surface area contributed by atoms with Crippen molar-refractivity contribution >= 4 is 22.4 Å². The molecule has 0 bridgehead atoms. The fourth-order valence-corrected chi connectivity index (χ4v) is 2.56. The molecule has 0 saturated carbocycles. The standard InChI is InChI=1S/C14H17N3O2S/c1-15-14-16-9-12(20-14)13(19)17(7-8-18)10-11-5-3-2-4-6-11/h2-6,9,18H,7-8,10H2,1H3,(H,15,16). The maximum absolute atomic E-state index is 12.4. The van der Waals surface area contributed by atoms with Gasteiger partial charge in [0.2, 0.25) is 0 Å². The average Bonchev–Trinajstić information content (AvgIpc) is 2.96. The number of carbonyl (C=O) groups excluding carboxylic acids is 1. The number of thiazole rings is 1. The molecule has 0 aliphatic carbocycles. The quantitative estimate of drug-likeness (QED) is 0.852. The first-order chi connectivity index (χ1) is 9.74. The highest BCUT2D eigenvalue weighted by atomic mass is 32.1. The van der Waals surface area contributed by atoms with Crippen LogP contribution in [0.25, 0.3) is 0 Å². The Morgan fingerprint density at radius 2 is 2.15 bits per heavy atom. The Kier molecular flexibility index (Phi) is 5.09. The summed E-state index contributed by atoms with van der Waals surface area (Å²) in [5.74, 6) is -0.109. The zero-order valence-corrected chi connectivity index (χ0v) is 12.1. The summed E-state index contributed by atoms with van der Waals surface area (Å²) >= 11 is 1.31. The van der Waals surface area contributed by atoms with E-state index in [9.17, 15) is 4.79 Å². The van der Waals surface area contributed by atoms with Crippen LogP contribution in [0, 0.1) is 0 Å². The van der Waals surface area contributed by atoms with Crippen LogP contribution in [0.4, 0.5) is 5.13 Å². The first-order valence-electron chi connectivity index (χ1n) is 6.32. The number of nitrogens with zero attached hydrogens (tertiary/aromatic N) is 2. The van der Waals surface area contributed by atoms with E-state index in [2.05, 4.69) is 10.3 Å². The lowest BCUT2D eigenvalue weighted by atomic mass is 10.2. The minimum atomic E-state index is -0.109. The number of aliphatic hydroxyl groups is 1. The van der Waals surface area contributed by atoms with E-state index in [1.165, 1.54) is 11.3 Å². The number of amides is 1. The second-order valence-corrected chi connectivity index (χ2v) is 5.25. The molecule has 1 amide bonds. The molecule has 0 radical (unpaired) electrons. The molecule has 0 aliphatic heterocycles. The lowest BCUT2D eigenvalue weighted by Gasteiger charge is -2.21. The molecule has 5 nitrogen and oxygen atoms in total. The zero-order valence-electron chi connectivity index (χ0n) is 11.2. The topological polar surface area (TPSA) is 65.5 Å². The van der Waals surface area contributed by atoms with Gasteiger partial charge in [-0.25, -0.2) is 4.98 Å². The van der Waals surface area contributed by atoms with Crippen LogP contribution in [-0.4, -0.2) is 41.1 Å². The van der Waals surface area contributed by atoms with Crippen molar-refractivity contribution in [3.63, 3.8) is 0 Å². The Labute approximate surface area is 121 Å². The van der Waals surface area contributed by atoms with Gasteiger partial charge in [-0.3, -0.25) is 4.79 Å². The van der Waals surface area contributed by atoms with Gasteiger partial charge in [-0.05, 0) is 5.56 Å². The molecule has 0 aliphatic rings. The highest BCUT2D eigenvalue weighted by Crippen LogP contribution is 2.20. The van der Waals surface area contributed by atoms with Crippen LogP contribution in [0.1, 0.15) is 15.2 Å². The van der Waals surface area contributed by atoms with Crippen molar-refractivity contribution in [2.24, 2.45) is 0 Å². The van der Waals surface area contributed by atoms with Gasteiger partial charge in [-0.15, -0.1) is 0 Å². The summed E-state index contributed by atoms with van der Waals surface area (Å²) in [4.78, 5) is 18.7. The molecule has 1 heterocycles. The predicted octanol–water partition coefficient (Wildman–Crippen LogP) is 1.82. The fraction of sp³-hybridized carbons (Fsp3) is 0.286. The van der Waals surface area contributed by atoms with Gasteiger partial charge in [-0.1, -0.05) is 41.7 Å². The third-order valence-corrected chi connectivity index (χ3v) is 3.81. The maximum atomic E-state index is 12.4. The molecule has 1 aromatic heterocycles. The largest absolute Gasteiger partial charge is 0.395 e. The van der Waals surface area contributed by atoms with E-state index in [4.69, 9.17) is 5.11 Å². The van der Waals surface area contributed by atoms with Crippen molar-refractivity contribution in [3.05, 3.63) is 47.0 Å². The highest BCUT2D eigenvalue weighted by Gasteiger charge is 2.18. The van der Waals surface area contributed by atoms with Gasteiger partial charge in [-0.2, -0.15) is 0 Å². The Morgan fingerprint density at radius 1 is 1.40 bits per heavy atom. The molecule has 0 fully saturated rings. The molecule has 2 N–H and O–H groups in total. The number of aromatic nitrogens is 1. The Hall–Kier alpha value is -1.92. The van der Waals surface area contributed by atoms with E-state index in [0.717, 1.165) is 5.56 Å². The van der Waals surface area contributed by atoms with Crippen LogP contribution >= 0.6 is 11.3 Å². The molecular weight excluding hydrogens is 274 g/mol. The van der Waals surface area contributed by atoms with E-state index in [1.54, 1.807) is 18.1 Å². The maximum Gasteiger partial charge on any atom is 0.266 e. The van der Waals surface area contributed by atoms with Gasteiger partial charge in [0.25, 0.3) is 5.91 Å². The van der Waals surface area contributed by atoms with Crippen LogP contribution in [0.2, 0.25) is 0 Å². The van der Waals surface area contributed by atoms with Gasteiger partial charge < -0.3 is 15.3 Å². The molecule has 2 aromatic rings. The first-order valence-corrected chi connectivity index (χ1v) is 7.14. The summed E-state index contributed by atoms with van der Waals surface area (Å²) in [6.07, 6.45) is 1.56. The number of hydrogen-bond acceptors (Lipinski definition) is 5. The third-order valence-electron chi connectivity index (χ3n) is 2.80. The van der Waals surface area contributed by atoms with Gasteiger partial charge in [0.05, 0.1) is 12.8 Å². The first kappa shape index (κ1) is 14.5. The summed E-state index contributed by atoms with van der Waals surface area (Å²) in [7, 11) is 1.77. The normalized spacial score (nSPS) is 10.3. The van der Waals surface area contributed by atoms with Gasteiger partial charge >= 0.3 is 0 Å². The molecule has 106 valence electrons. The smallest absolute Gasteiger partial charge is 0.266 e. The van der Waals surface area contributed by atoms with Crippen LogP contribution in [0.5, 0.6) is 0 Å². The van der Waals surface area contributed by atoms with E-state index in [-0.39, 0.29) is 12.5 Å². The highest BCUT2D eigenvalue weighted by molar-refractivity contribution is 7.17. The Balaban J connectivity index is 2.13. The fourth-order valence-electron chi connectivity index (χ4n) is 1.82. The van der Waals surface area contributed by atoms with Gasteiger partial charge in [0.1, 0.15) is 4.88 Å². The van der Waals surface area contributed by atoms with Crippen LogP contribution in [0.3, 0.4) is 0 Å². The molecule has 0 spiro atoms. The van der Waals surface area contributed by atoms with Gasteiger partial charge in [0, 0.05) is 20.1 Å². The third kappa shape index (κ3) is 3.55. The molecule has 20 heavy (non-hydrogen) atoms. The van der Waals surface area contributed by atoms with E-state index in [0.29, 0.717) is 23.1 Å². The van der Waals surface area contributed by atoms with Crippen LogP contribution in [0.15, 0.2) is 36.5 Å². The zero-order chi connectivity index (χ0) is 14.4. The van der Waals surface area contributed by atoms with Crippen LogP contribution < -0.4 is 5.32 Å². The summed E-state index contributed by atoms with van der Waals surface area (Å²) in [5, 5.41) is 12.8. The number of benzene rings is 1.